The fourth-order valence-electron chi connectivity index (χ4n) is 0. The Bertz CT molecular complexity index is 82.9. The summed E-state index contributed by atoms with van der Waals surface area (Å²) in [5.41, 5.74) is -0.694. The number of carbonyl (C=O) groups excluding carboxylic acids is 1. The van der Waals surface area contributed by atoms with Crippen molar-refractivity contribution in [3.8, 4) is 0 Å². The molecule has 0 amide bonds. The third kappa shape index (κ3) is 3.93. The van der Waals surface area contributed by atoms with Crippen molar-refractivity contribution < 1.29 is 22.3 Å². The first-order valence-corrected chi connectivity index (χ1v) is 2.16. The lowest BCUT2D eigenvalue weighted by atomic mass is 9.98. The number of carboxylic acids is 1. The van der Waals surface area contributed by atoms with E-state index in [0.717, 1.165) is 0 Å². The molecule has 48 valence electrons. The molecule has 0 bridgehead atoms. The molecule has 0 unspecified atom stereocenters. The summed E-state index contributed by atoms with van der Waals surface area (Å²) in [6.07, 6.45) is 0. The van der Waals surface area contributed by atoms with E-state index in [-0.39, 0.29) is 12.4 Å². The first-order valence-electron chi connectivity index (χ1n) is 2.16. The topological polar surface area (TPSA) is 40.1 Å². The number of aliphatic carboxylic acids is 1. The van der Waals surface area contributed by atoms with Gasteiger partial charge in [-0.3, -0.25) is 0 Å². The summed E-state index contributed by atoms with van der Waals surface area (Å²) in [5.74, 6) is -1.01. The van der Waals surface area contributed by atoms with Crippen molar-refractivity contribution in [2.24, 2.45) is 5.41 Å². The maximum absolute atomic E-state index is 9.91. The molecule has 0 aromatic rings. The third-order valence-electron chi connectivity index (χ3n) is 0.612. The largest absolute Gasteiger partial charge is 1.00 e. The van der Waals surface area contributed by atoms with Gasteiger partial charge in [0, 0.05) is 11.4 Å². The molecule has 0 aliphatic rings. The molecule has 0 fully saturated rings. The highest BCUT2D eigenvalue weighted by Crippen LogP contribution is 2.09. The highest BCUT2D eigenvalue weighted by atomic mass is 35.5. The van der Waals surface area contributed by atoms with Gasteiger partial charge in [0.05, 0.1) is 0 Å². The number of hydrogen-bond acceptors (Lipinski definition) is 2. The number of rotatable bonds is 0. The predicted octanol–water partition coefficient (Wildman–Crippen LogP) is -0.218. The van der Waals surface area contributed by atoms with Crippen LogP contribution in [0.3, 0.4) is 0 Å². The quantitative estimate of drug-likeness (QED) is 0.462. The second-order valence-electron chi connectivity index (χ2n) is 2.54. The lowest BCUT2D eigenvalue weighted by molar-refractivity contribution is -0.316. The summed E-state index contributed by atoms with van der Waals surface area (Å²) in [7, 11) is 0. The smallest absolute Gasteiger partial charge is 0.550 e. The second-order valence-corrected chi connectivity index (χ2v) is 2.54. The van der Waals surface area contributed by atoms with E-state index in [2.05, 4.69) is 0 Å². The van der Waals surface area contributed by atoms with Crippen molar-refractivity contribution in [2.45, 2.75) is 20.8 Å². The van der Waals surface area contributed by atoms with Crippen LogP contribution in [0.25, 0.3) is 0 Å². The van der Waals surface area contributed by atoms with Gasteiger partial charge in [-0.05, 0) is 0 Å². The van der Waals surface area contributed by atoms with Crippen LogP contribution in [0.1, 0.15) is 20.8 Å². The average molecular weight is 137 g/mol. The zero-order chi connectivity index (χ0) is 6.08. The fourth-order valence-corrected chi connectivity index (χ4v) is 0. The van der Waals surface area contributed by atoms with Crippen LogP contribution < -0.4 is 5.11 Å². The van der Waals surface area contributed by atoms with E-state index in [1.54, 1.807) is 20.8 Å². The number of halogens is 1. The zero-order valence-electron chi connectivity index (χ0n) is 5.19. The van der Waals surface area contributed by atoms with E-state index in [4.69, 9.17) is 0 Å². The number of carboxylic acid groups (broad SMARTS) is 1. The molecule has 0 spiro atoms. The van der Waals surface area contributed by atoms with Crippen molar-refractivity contribution in [1.82, 2.24) is 0 Å². The Balaban J connectivity index is 0. The van der Waals surface area contributed by atoms with Crippen LogP contribution in [-0.2, 0) is 4.79 Å². The molecular formula is C5H9ClO2. The molecule has 0 aromatic carbocycles. The monoisotopic (exact) mass is 136 g/mol. The Morgan fingerprint density at radius 1 is 1.38 bits per heavy atom. The van der Waals surface area contributed by atoms with Gasteiger partial charge in [-0.15, -0.1) is 0 Å². The van der Waals surface area contributed by atoms with Gasteiger partial charge >= 0.3 is 12.4 Å². The summed E-state index contributed by atoms with van der Waals surface area (Å²) >= 11 is 0. The van der Waals surface area contributed by atoms with E-state index in [0.29, 0.717) is 0 Å². The Morgan fingerprint density at radius 3 is 1.50 bits per heavy atom. The van der Waals surface area contributed by atoms with Gasteiger partial charge in [-0.1, -0.05) is 20.8 Å². The SMILES string of the molecule is CC(C)(C)C(=O)[O-].[Cl+]. The van der Waals surface area contributed by atoms with Crippen molar-refractivity contribution in [3.63, 3.8) is 0 Å². The van der Waals surface area contributed by atoms with E-state index in [1.165, 1.54) is 0 Å². The lowest BCUT2D eigenvalue weighted by Crippen LogP contribution is -2.35. The molecule has 0 aliphatic heterocycles. The van der Waals surface area contributed by atoms with E-state index >= 15 is 0 Å². The van der Waals surface area contributed by atoms with Gasteiger partial charge < -0.3 is 9.90 Å². The van der Waals surface area contributed by atoms with Crippen LogP contribution >= 0.6 is 0 Å². The Kier molecular flexibility index (Phi) is 3.90. The van der Waals surface area contributed by atoms with E-state index in [1.807, 2.05) is 0 Å². The summed E-state index contributed by atoms with van der Waals surface area (Å²) in [4.78, 5) is 9.91. The standard InChI is InChI=1S/C5H10O2.Cl/c1-5(2,3)4(6)7;/h1-3H3,(H,6,7);/q;+1/p-1. The van der Waals surface area contributed by atoms with Crippen molar-refractivity contribution >= 4 is 5.97 Å². The maximum Gasteiger partial charge on any atom is 1.00 e. The minimum atomic E-state index is -1.01. The molecule has 0 saturated heterocycles. The summed E-state index contributed by atoms with van der Waals surface area (Å²) in [6.45, 7) is 4.80. The van der Waals surface area contributed by atoms with Gasteiger partial charge in [-0.25, -0.2) is 0 Å². The van der Waals surface area contributed by atoms with Crippen LogP contribution in [0.2, 0.25) is 0 Å². The first-order chi connectivity index (χ1) is 2.94. The minimum Gasteiger partial charge on any atom is -0.550 e. The molecule has 0 atom stereocenters. The number of hydrogen-bond donors (Lipinski definition) is 0. The van der Waals surface area contributed by atoms with Crippen LogP contribution in [0.4, 0.5) is 0 Å². The Labute approximate surface area is 55.3 Å². The molecule has 8 heavy (non-hydrogen) atoms. The molecule has 0 aliphatic carbocycles. The van der Waals surface area contributed by atoms with Gasteiger partial charge in [0.15, 0.2) is 0 Å². The summed E-state index contributed by atoms with van der Waals surface area (Å²) in [6, 6.07) is 0. The summed E-state index contributed by atoms with van der Waals surface area (Å²) < 4.78 is 0. The molecule has 0 N–H and O–H groups in total. The highest BCUT2D eigenvalue weighted by molar-refractivity contribution is 5.70. The number of carbonyl (C=O) groups is 1. The van der Waals surface area contributed by atoms with Gasteiger partial charge in [0.1, 0.15) is 0 Å². The third-order valence-corrected chi connectivity index (χ3v) is 0.612. The molecule has 3 heteroatoms. The normalized spacial score (nSPS) is 9.88. The molecule has 2 radical (unpaired) electrons. The average Bonchev–Trinajstić information content (AvgIpc) is 1.31. The van der Waals surface area contributed by atoms with Gasteiger partial charge in [0.2, 0.25) is 0 Å². The van der Waals surface area contributed by atoms with E-state index < -0.39 is 11.4 Å². The van der Waals surface area contributed by atoms with E-state index in [9.17, 15) is 9.90 Å². The van der Waals surface area contributed by atoms with Crippen LogP contribution in [0, 0.1) is 17.8 Å². The van der Waals surface area contributed by atoms with Crippen LogP contribution in [-0.4, -0.2) is 5.97 Å². The maximum atomic E-state index is 9.91. The zero-order valence-corrected chi connectivity index (χ0v) is 5.95. The molecule has 0 heterocycles. The molecular weight excluding hydrogens is 128 g/mol. The minimum absolute atomic E-state index is 0. The molecule has 2 nitrogen and oxygen atoms in total. The second kappa shape index (κ2) is 2.92. The molecule has 0 rings (SSSR count). The van der Waals surface area contributed by atoms with Gasteiger partial charge in [0.25, 0.3) is 0 Å². The van der Waals surface area contributed by atoms with Crippen molar-refractivity contribution in [2.75, 3.05) is 0 Å². The van der Waals surface area contributed by atoms with Gasteiger partial charge in [-0.2, -0.15) is 0 Å². The predicted molar refractivity (Wildman–Crippen MR) is 24.5 cm³/mol. The fraction of sp³-hybridized carbons (Fsp3) is 0.800. The Hall–Kier alpha value is -0.240. The Morgan fingerprint density at radius 2 is 1.50 bits per heavy atom. The lowest BCUT2D eigenvalue weighted by Gasteiger charge is -2.18. The van der Waals surface area contributed by atoms with Crippen molar-refractivity contribution in [3.05, 3.63) is 0 Å². The first kappa shape index (κ1) is 10.7. The highest BCUT2D eigenvalue weighted by Gasteiger charge is 2.09. The molecule has 0 aromatic heterocycles. The summed E-state index contributed by atoms with van der Waals surface area (Å²) in [5, 5.41) is 9.91. The van der Waals surface area contributed by atoms with Crippen LogP contribution in [0.5, 0.6) is 0 Å². The van der Waals surface area contributed by atoms with Crippen LogP contribution in [0.15, 0.2) is 0 Å². The molecule has 0 saturated carbocycles. The van der Waals surface area contributed by atoms with Crippen molar-refractivity contribution in [1.29, 1.82) is 0 Å².